The van der Waals surface area contributed by atoms with Crippen LogP contribution in [0.2, 0.25) is 0 Å². The molecule has 2 atom stereocenters. The molecule has 2 unspecified atom stereocenters. The van der Waals surface area contributed by atoms with Crippen molar-refractivity contribution in [2.24, 2.45) is 11.8 Å². The van der Waals surface area contributed by atoms with Gasteiger partial charge >= 0.3 is 0 Å². The van der Waals surface area contributed by atoms with E-state index in [1.165, 1.54) is 6.42 Å². The summed E-state index contributed by atoms with van der Waals surface area (Å²) in [6.07, 6.45) is 6.13. The smallest absolute Gasteiger partial charge is 0.228 e. The molecule has 0 bridgehead atoms. The Hall–Kier alpha value is -1.06. The summed E-state index contributed by atoms with van der Waals surface area (Å²) < 4.78 is 0. The third-order valence-corrected chi connectivity index (χ3v) is 4.56. The van der Waals surface area contributed by atoms with Crippen LogP contribution >= 0.6 is 0 Å². The van der Waals surface area contributed by atoms with Gasteiger partial charge < -0.3 is 9.80 Å². The molecule has 2 fully saturated rings. The topological polar surface area (TPSA) is 40.6 Å². The normalized spacial score (nSPS) is 27.2. The molecule has 2 heterocycles. The standard InChI is InChI=1S/C16H28N2O2/c1-3-4-5-8-17-12-14(10-15(17)19)16(20)18-9-6-7-13(2)11-18/h13-14H,3-12H2,1-2H3. The first-order valence-corrected chi connectivity index (χ1v) is 8.18. The molecule has 2 saturated heterocycles. The summed E-state index contributed by atoms with van der Waals surface area (Å²) in [7, 11) is 0. The van der Waals surface area contributed by atoms with Crippen molar-refractivity contribution in [3.8, 4) is 0 Å². The van der Waals surface area contributed by atoms with Gasteiger partial charge in [0, 0.05) is 32.6 Å². The van der Waals surface area contributed by atoms with Crippen molar-refractivity contribution < 1.29 is 9.59 Å². The summed E-state index contributed by atoms with van der Waals surface area (Å²) in [6.45, 7) is 7.59. The Labute approximate surface area is 122 Å². The molecular weight excluding hydrogens is 252 g/mol. The Morgan fingerprint density at radius 1 is 1.30 bits per heavy atom. The van der Waals surface area contributed by atoms with E-state index in [1.807, 2.05) is 9.80 Å². The second kappa shape index (κ2) is 7.09. The van der Waals surface area contributed by atoms with Gasteiger partial charge in [-0.2, -0.15) is 0 Å². The van der Waals surface area contributed by atoms with E-state index in [0.29, 0.717) is 18.9 Å². The number of nitrogens with zero attached hydrogens (tertiary/aromatic N) is 2. The number of amides is 2. The summed E-state index contributed by atoms with van der Waals surface area (Å²) in [5, 5.41) is 0. The van der Waals surface area contributed by atoms with E-state index in [9.17, 15) is 9.59 Å². The molecule has 0 saturated carbocycles. The van der Waals surface area contributed by atoms with Gasteiger partial charge in [-0.05, 0) is 25.2 Å². The second-order valence-corrected chi connectivity index (χ2v) is 6.48. The predicted octanol–water partition coefficient (Wildman–Crippen LogP) is 2.28. The molecule has 0 N–H and O–H groups in total. The lowest BCUT2D eigenvalue weighted by atomic mass is 9.98. The van der Waals surface area contributed by atoms with E-state index in [1.54, 1.807) is 0 Å². The lowest BCUT2D eigenvalue weighted by molar-refractivity contribution is -0.137. The molecule has 0 aromatic rings. The third kappa shape index (κ3) is 3.74. The molecule has 2 rings (SSSR count). The van der Waals surface area contributed by atoms with Crippen molar-refractivity contribution in [1.82, 2.24) is 9.80 Å². The van der Waals surface area contributed by atoms with Crippen LogP contribution in [0, 0.1) is 11.8 Å². The van der Waals surface area contributed by atoms with Crippen LogP contribution in [0.5, 0.6) is 0 Å². The average molecular weight is 280 g/mol. The van der Waals surface area contributed by atoms with Gasteiger partial charge in [0.2, 0.25) is 11.8 Å². The Morgan fingerprint density at radius 3 is 2.80 bits per heavy atom. The number of likely N-dealkylation sites (tertiary alicyclic amines) is 2. The van der Waals surface area contributed by atoms with Crippen LogP contribution in [0.4, 0.5) is 0 Å². The number of hydrogen-bond acceptors (Lipinski definition) is 2. The van der Waals surface area contributed by atoms with Crippen molar-refractivity contribution in [2.45, 2.75) is 52.4 Å². The molecule has 20 heavy (non-hydrogen) atoms. The molecule has 4 nitrogen and oxygen atoms in total. The highest BCUT2D eigenvalue weighted by atomic mass is 16.2. The van der Waals surface area contributed by atoms with Crippen molar-refractivity contribution in [1.29, 1.82) is 0 Å². The molecule has 0 radical (unpaired) electrons. The van der Waals surface area contributed by atoms with Gasteiger partial charge in [0.15, 0.2) is 0 Å². The van der Waals surface area contributed by atoms with Crippen LogP contribution in [-0.4, -0.2) is 47.8 Å². The Morgan fingerprint density at radius 2 is 2.10 bits per heavy atom. The lowest BCUT2D eigenvalue weighted by Crippen LogP contribution is -2.43. The van der Waals surface area contributed by atoms with Crippen LogP contribution in [0.1, 0.15) is 52.4 Å². The quantitative estimate of drug-likeness (QED) is 0.725. The molecule has 0 aliphatic carbocycles. The zero-order valence-corrected chi connectivity index (χ0v) is 12.9. The Kier molecular flexibility index (Phi) is 5.44. The molecular formula is C16H28N2O2. The van der Waals surface area contributed by atoms with Gasteiger partial charge in [0.05, 0.1) is 5.92 Å². The highest BCUT2D eigenvalue weighted by Crippen LogP contribution is 2.24. The van der Waals surface area contributed by atoms with Crippen LogP contribution in [-0.2, 0) is 9.59 Å². The number of rotatable bonds is 5. The summed E-state index contributed by atoms with van der Waals surface area (Å²) in [5.74, 6) is 0.896. The van der Waals surface area contributed by atoms with E-state index in [4.69, 9.17) is 0 Å². The zero-order valence-electron chi connectivity index (χ0n) is 12.9. The molecule has 0 aromatic heterocycles. The number of hydrogen-bond donors (Lipinski definition) is 0. The Balaban J connectivity index is 1.84. The molecule has 2 aliphatic rings. The van der Waals surface area contributed by atoms with Crippen LogP contribution in [0.15, 0.2) is 0 Å². The monoisotopic (exact) mass is 280 g/mol. The van der Waals surface area contributed by atoms with Gasteiger partial charge in [-0.15, -0.1) is 0 Å². The number of piperidine rings is 1. The third-order valence-electron chi connectivity index (χ3n) is 4.56. The maximum Gasteiger partial charge on any atom is 0.228 e. The van der Waals surface area contributed by atoms with E-state index >= 15 is 0 Å². The fourth-order valence-corrected chi connectivity index (χ4v) is 3.35. The number of carbonyl (C=O) groups excluding carboxylic acids is 2. The molecule has 0 aromatic carbocycles. The highest BCUT2D eigenvalue weighted by Gasteiger charge is 2.36. The maximum atomic E-state index is 12.5. The zero-order chi connectivity index (χ0) is 14.5. The van der Waals surface area contributed by atoms with Crippen molar-refractivity contribution >= 4 is 11.8 Å². The van der Waals surface area contributed by atoms with E-state index in [2.05, 4.69) is 13.8 Å². The first kappa shape index (κ1) is 15.3. The molecule has 0 spiro atoms. The second-order valence-electron chi connectivity index (χ2n) is 6.48. The van der Waals surface area contributed by atoms with Gasteiger partial charge in [0.25, 0.3) is 0 Å². The first-order chi connectivity index (χ1) is 9.61. The van der Waals surface area contributed by atoms with Crippen molar-refractivity contribution in [3.05, 3.63) is 0 Å². The van der Waals surface area contributed by atoms with Crippen molar-refractivity contribution in [3.63, 3.8) is 0 Å². The minimum absolute atomic E-state index is 0.0885. The Bertz CT molecular complexity index is 356. The minimum atomic E-state index is -0.0885. The first-order valence-electron chi connectivity index (χ1n) is 8.18. The molecule has 114 valence electrons. The summed E-state index contributed by atoms with van der Waals surface area (Å²) in [6, 6.07) is 0. The van der Waals surface area contributed by atoms with E-state index in [0.717, 1.165) is 45.3 Å². The lowest BCUT2D eigenvalue weighted by Gasteiger charge is -2.32. The van der Waals surface area contributed by atoms with Crippen molar-refractivity contribution in [2.75, 3.05) is 26.2 Å². The number of carbonyl (C=O) groups is 2. The van der Waals surface area contributed by atoms with Gasteiger partial charge in [-0.1, -0.05) is 26.7 Å². The summed E-state index contributed by atoms with van der Waals surface area (Å²) >= 11 is 0. The molecule has 2 amide bonds. The van der Waals surface area contributed by atoms with Gasteiger partial charge in [0.1, 0.15) is 0 Å². The fraction of sp³-hybridized carbons (Fsp3) is 0.875. The summed E-state index contributed by atoms with van der Waals surface area (Å²) in [5.41, 5.74) is 0. The van der Waals surface area contributed by atoms with Crippen LogP contribution < -0.4 is 0 Å². The largest absolute Gasteiger partial charge is 0.342 e. The summed E-state index contributed by atoms with van der Waals surface area (Å²) in [4.78, 5) is 28.4. The molecule has 4 heteroatoms. The van der Waals surface area contributed by atoms with Crippen LogP contribution in [0.25, 0.3) is 0 Å². The van der Waals surface area contributed by atoms with Gasteiger partial charge in [-0.3, -0.25) is 9.59 Å². The highest BCUT2D eigenvalue weighted by molar-refractivity contribution is 5.89. The van der Waals surface area contributed by atoms with E-state index in [-0.39, 0.29) is 17.7 Å². The maximum absolute atomic E-state index is 12.5. The molecule has 2 aliphatic heterocycles. The SMILES string of the molecule is CCCCCN1CC(C(=O)N2CCCC(C)C2)CC1=O. The number of unbranched alkanes of at least 4 members (excludes halogenated alkanes) is 2. The predicted molar refractivity (Wildman–Crippen MR) is 79.2 cm³/mol. The average Bonchev–Trinajstić information content (AvgIpc) is 2.80. The van der Waals surface area contributed by atoms with Gasteiger partial charge in [-0.25, -0.2) is 0 Å². The fourth-order valence-electron chi connectivity index (χ4n) is 3.35. The minimum Gasteiger partial charge on any atom is -0.342 e. The van der Waals surface area contributed by atoms with Crippen LogP contribution in [0.3, 0.4) is 0 Å². The van der Waals surface area contributed by atoms with E-state index < -0.39 is 0 Å².